The lowest BCUT2D eigenvalue weighted by Crippen LogP contribution is -1.92. The molecule has 1 heterocycles. The fourth-order valence-corrected chi connectivity index (χ4v) is 2.60. The van der Waals surface area contributed by atoms with Crippen LogP contribution in [0.25, 0.3) is 0 Å². The van der Waals surface area contributed by atoms with Crippen molar-refractivity contribution >= 4 is 29.1 Å². The highest BCUT2D eigenvalue weighted by Gasteiger charge is 2.01. The van der Waals surface area contributed by atoms with Gasteiger partial charge in [-0.25, -0.2) is 0 Å². The molecule has 2 aromatic rings. The van der Waals surface area contributed by atoms with Crippen molar-refractivity contribution < 1.29 is 0 Å². The van der Waals surface area contributed by atoms with Crippen molar-refractivity contribution in [3.05, 3.63) is 53.3 Å². The highest BCUT2D eigenvalue weighted by atomic mass is 35.5. The molecule has 0 saturated heterocycles. The molecule has 17 heavy (non-hydrogen) atoms. The maximum Gasteiger partial charge on any atom is 0.0467 e. The Balaban J connectivity index is 1.90. The standard InChI is InChI=1S/C13H13ClN2S/c14-11-3-4-13(12(15)8-11)17-7-5-10-2-1-6-16-9-10/h1-4,6,8-9H,5,7,15H2. The third-order valence-corrected chi connectivity index (χ3v) is 3.67. The first-order valence-corrected chi connectivity index (χ1v) is 6.69. The molecule has 0 aliphatic heterocycles. The summed E-state index contributed by atoms with van der Waals surface area (Å²) in [7, 11) is 0. The Morgan fingerprint density at radius 1 is 1.29 bits per heavy atom. The van der Waals surface area contributed by atoms with E-state index in [0.29, 0.717) is 5.02 Å². The molecule has 0 saturated carbocycles. The number of aromatic nitrogens is 1. The predicted octanol–water partition coefficient (Wildman–Crippen LogP) is 3.65. The summed E-state index contributed by atoms with van der Waals surface area (Å²) in [5.41, 5.74) is 7.87. The molecule has 1 aromatic heterocycles. The van der Waals surface area contributed by atoms with Gasteiger partial charge in [0, 0.05) is 33.8 Å². The van der Waals surface area contributed by atoms with Crippen molar-refractivity contribution in [2.24, 2.45) is 0 Å². The third-order valence-electron chi connectivity index (χ3n) is 2.34. The Bertz CT molecular complexity index is 488. The molecule has 0 bridgehead atoms. The Morgan fingerprint density at radius 3 is 2.88 bits per heavy atom. The van der Waals surface area contributed by atoms with Gasteiger partial charge in [0.15, 0.2) is 0 Å². The predicted molar refractivity (Wildman–Crippen MR) is 74.5 cm³/mol. The number of halogens is 1. The molecule has 0 unspecified atom stereocenters. The van der Waals surface area contributed by atoms with Crippen LogP contribution in [0.15, 0.2) is 47.6 Å². The normalized spacial score (nSPS) is 10.4. The number of hydrogen-bond donors (Lipinski definition) is 1. The second kappa shape index (κ2) is 5.94. The van der Waals surface area contributed by atoms with Crippen LogP contribution in [0.3, 0.4) is 0 Å². The topological polar surface area (TPSA) is 38.9 Å². The van der Waals surface area contributed by atoms with Crippen LogP contribution in [0.4, 0.5) is 5.69 Å². The van der Waals surface area contributed by atoms with Crippen molar-refractivity contribution in [3.63, 3.8) is 0 Å². The van der Waals surface area contributed by atoms with E-state index in [-0.39, 0.29) is 0 Å². The third kappa shape index (κ3) is 3.65. The van der Waals surface area contributed by atoms with Gasteiger partial charge in [0.25, 0.3) is 0 Å². The van der Waals surface area contributed by atoms with E-state index in [9.17, 15) is 0 Å². The average Bonchev–Trinajstić information content (AvgIpc) is 2.33. The van der Waals surface area contributed by atoms with Crippen LogP contribution in [0.2, 0.25) is 5.02 Å². The summed E-state index contributed by atoms with van der Waals surface area (Å²) in [4.78, 5) is 5.17. The molecule has 0 aliphatic rings. The van der Waals surface area contributed by atoms with Crippen molar-refractivity contribution in [1.82, 2.24) is 4.98 Å². The van der Waals surface area contributed by atoms with Gasteiger partial charge in [0.05, 0.1) is 0 Å². The molecular weight excluding hydrogens is 252 g/mol. The van der Waals surface area contributed by atoms with E-state index in [0.717, 1.165) is 22.8 Å². The first-order valence-electron chi connectivity index (χ1n) is 5.32. The van der Waals surface area contributed by atoms with E-state index in [1.807, 2.05) is 24.4 Å². The lowest BCUT2D eigenvalue weighted by molar-refractivity contribution is 1.11. The summed E-state index contributed by atoms with van der Waals surface area (Å²) >= 11 is 7.59. The second-order valence-corrected chi connectivity index (χ2v) is 5.22. The zero-order valence-corrected chi connectivity index (χ0v) is 10.8. The Morgan fingerprint density at radius 2 is 2.18 bits per heavy atom. The second-order valence-electron chi connectivity index (χ2n) is 3.64. The van der Waals surface area contributed by atoms with Crippen molar-refractivity contribution in [1.29, 1.82) is 0 Å². The van der Waals surface area contributed by atoms with Crippen LogP contribution < -0.4 is 5.73 Å². The first-order chi connectivity index (χ1) is 8.25. The van der Waals surface area contributed by atoms with Crippen LogP contribution in [-0.4, -0.2) is 10.7 Å². The largest absolute Gasteiger partial charge is 0.398 e. The lowest BCUT2D eigenvalue weighted by atomic mass is 10.2. The van der Waals surface area contributed by atoms with E-state index in [2.05, 4.69) is 11.1 Å². The highest BCUT2D eigenvalue weighted by Crippen LogP contribution is 2.27. The van der Waals surface area contributed by atoms with E-state index in [1.165, 1.54) is 5.56 Å². The summed E-state index contributed by atoms with van der Waals surface area (Å²) in [6.45, 7) is 0. The van der Waals surface area contributed by atoms with Gasteiger partial charge in [-0.15, -0.1) is 11.8 Å². The van der Waals surface area contributed by atoms with E-state index >= 15 is 0 Å². The van der Waals surface area contributed by atoms with Gasteiger partial charge in [0.1, 0.15) is 0 Å². The zero-order valence-electron chi connectivity index (χ0n) is 9.27. The monoisotopic (exact) mass is 264 g/mol. The van der Waals surface area contributed by atoms with Gasteiger partial charge in [-0.3, -0.25) is 4.98 Å². The summed E-state index contributed by atoms with van der Waals surface area (Å²) in [5, 5.41) is 0.680. The van der Waals surface area contributed by atoms with Crippen LogP contribution in [0, 0.1) is 0 Å². The van der Waals surface area contributed by atoms with Gasteiger partial charge >= 0.3 is 0 Å². The number of rotatable bonds is 4. The Labute approximate surface area is 110 Å². The molecule has 1 aromatic carbocycles. The highest BCUT2D eigenvalue weighted by molar-refractivity contribution is 7.99. The molecule has 4 heteroatoms. The number of thioether (sulfide) groups is 1. The number of aryl methyl sites for hydroxylation is 1. The number of benzene rings is 1. The number of hydrogen-bond acceptors (Lipinski definition) is 3. The smallest absolute Gasteiger partial charge is 0.0467 e. The van der Waals surface area contributed by atoms with Gasteiger partial charge in [0.2, 0.25) is 0 Å². The van der Waals surface area contributed by atoms with Gasteiger partial charge in [-0.05, 0) is 36.2 Å². The fourth-order valence-electron chi connectivity index (χ4n) is 1.48. The van der Waals surface area contributed by atoms with Crippen LogP contribution in [0.5, 0.6) is 0 Å². The molecule has 88 valence electrons. The summed E-state index contributed by atoms with van der Waals surface area (Å²) in [5.74, 6) is 0.984. The fraction of sp³-hybridized carbons (Fsp3) is 0.154. The lowest BCUT2D eigenvalue weighted by Gasteiger charge is -2.05. The maximum absolute atomic E-state index is 5.88. The maximum atomic E-state index is 5.88. The minimum Gasteiger partial charge on any atom is -0.398 e. The molecule has 0 atom stereocenters. The van der Waals surface area contributed by atoms with Crippen molar-refractivity contribution in [2.75, 3.05) is 11.5 Å². The summed E-state index contributed by atoms with van der Waals surface area (Å²) in [6, 6.07) is 9.65. The summed E-state index contributed by atoms with van der Waals surface area (Å²) in [6.07, 6.45) is 4.67. The Kier molecular flexibility index (Phi) is 4.29. The quantitative estimate of drug-likeness (QED) is 0.677. The molecule has 0 amide bonds. The molecule has 2 rings (SSSR count). The molecule has 0 aliphatic carbocycles. The van der Waals surface area contributed by atoms with E-state index in [1.54, 1.807) is 24.0 Å². The van der Waals surface area contributed by atoms with Crippen LogP contribution in [0.1, 0.15) is 5.56 Å². The minimum atomic E-state index is 0.680. The molecule has 2 nitrogen and oxygen atoms in total. The molecule has 0 radical (unpaired) electrons. The number of nitrogens with two attached hydrogens (primary N) is 1. The van der Waals surface area contributed by atoms with Crippen LogP contribution in [-0.2, 0) is 6.42 Å². The van der Waals surface area contributed by atoms with Crippen molar-refractivity contribution in [2.45, 2.75) is 11.3 Å². The SMILES string of the molecule is Nc1cc(Cl)ccc1SCCc1cccnc1. The first kappa shape index (κ1) is 12.3. The van der Waals surface area contributed by atoms with E-state index < -0.39 is 0 Å². The number of nitrogens with zero attached hydrogens (tertiary/aromatic N) is 1. The molecular formula is C13H13ClN2S. The summed E-state index contributed by atoms with van der Waals surface area (Å²) < 4.78 is 0. The van der Waals surface area contributed by atoms with Crippen LogP contribution >= 0.6 is 23.4 Å². The zero-order chi connectivity index (χ0) is 12.1. The minimum absolute atomic E-state index is 0.680. The Hall–Kier alpha value is -1.19. The average molecular weight is 265 g/mol. The van der Waals surface area contributed by atoms with Gasteiger partial charge in [-0.1, -0.05) is 17.7 Å². The van der Waals surface area contributed by atoms with E-state index in [4.69, 9.17) is 17.3 Å². The number of pyridine rings is 1. The number of anilines is 1. The molecule has 0 fully saturated rings. The van der Waals surface area contributed by atoms with Crippen molar-refractivity contribution in [3.8, 4) is 0 Å². The molecule has 0 spiro atoms. The van der Waals surface area contributed by atoms with Gasteiger partial charge in [-0.2, -0.15) is 0 Å². The van der Waals surface area contributed by atoms with Gasteiger partial charge < -0.3 is 5.73 Å². The molecule has 2 N–H and O–H groups in total. The number of nitrogen functional groups attached to an aromatic ring is 1.